The van der Waals surface area contributed by atoms with Crippen molar-refractivity contribution in [2.24, 2.45) is 0 Å². The van der Waals surface area contributed by atoms with Gasteiger partial charge in [-0.1, -0.05) is 23.4 Å². The first-order valence-electron chi connectivity index (χ1n) is 6.49. The van der Waals surface area contributed by atoms with E-state index in [2.05, 4.69) is 10.3 Å². The number of ether oxygens (including phenoxy) is 1. The van der Waals surface area contributed by atoms with Gasteiger partial charge < -0.3 is 4.74 Å². The molecule has 3 aromatic rings. The lowest BCUT2D eigenvalue weighted by atomic mass is 10.2. The molecular weight excluding hydrogens is 283 g/mol. The normalized spacial score (nSPS) is 11.4. The molecule has 0 unspecified atom stereocenters. The van der Waals surface area contributed by atoms with E-state index in [0.29, 0.717) is 11.3 Å². The minimum Gasteiger partial charge on any atom is -0.497 e. The zero-order valence-electron chi connectivity index (χ0n) is 11.7. The Labute approximate surface area is 125 Å². The number of benzene rings is 2. The van der Waals surface area contributed by atoms with Crippen LogP contribution in [0.2, 0.25) is 0 Å². The molecule has 0 atom stereocenters. The van der Waals surface area contributed by atoms with E-state index in [1.165, 1.54) is 10.7 Å². The van der Waals surface area contributed by atoms with E-state index < -0.39 is 5.82 Å². The van der Waals surface area contributed by atoms with Crippen molar-refractivity contribution in [3.05, 3.63) is 53.8 Å². The van der Waals surface area contributed by atoms with Crippen LogP contribution in [0.4, 0.5) is 4.39 Å². The molecule has 0 N–H and O–H groups in total. The minimum absolute atomic E-state index is 0.178. The van der Waals surface area contributed by atoms with Crippen LogP contribution in [-0.4, -0.2) is 22.1 Å². The molecule has 6 heteroatoms. The molecule has 3 rings (SSSR count). The minimum atomic E-state index is -0.474. The summed E-state index contributed by atoms with van der Waals surface area (Å²) >= 11 is 0. The summed E-state index contributed by atoms with van der Waals surface area (Å²) in [6, 6.07) is 13.7. The number of para-hydroxylation sites is 1. The number of halogens is 1. The molecule has 1 heterocycles. The molecule has 0 fully saturated rings. The Hall–Kier alpha value is -3.20. The lowest BCUT2D eigenvalue weighted by Gasteiger charge is -2.02. The van der Waals surface area contributed by atoms with Crippen LogP contribution in [0.25, 0.3) is 22.8 Å². The highest BCUT2D eigenvalue weighted by molar-refractivity contribution is 5.86. The molecule has 108 valence electrons. The first kappa shape index (κ1) is 13.8. The topological polar surface area (TPSA) is 63.7 Å². The summed E-state index contributed by atoms with van der Waals surface area (Å²) in [7, 11) is 1.58. The fourth-order valence-electron chi connectivity index (χ4n) is 2.10. The van der Waals surface area contributed by atoms with Gasteiger partial charge in [0.1, 0.15) is 28.5 Å². The SMILES string of the molecule is COc1ccc(/C=C(/C#N)n2nnc3cccc(F)c32)cc1. The summed E-state index contributed by atoms with van der Waals surface area (Å²) in [5, 5.41) is 17.1. The van der Waals surface area contributed by atoms with Gasteiger partial charge >= 0.3 is 0 Å². The van der Waals surface area contributed by atoms with Crippen LogP contribution in [0.3, 0.4) is 0 Å². The van der Waals surface area contributed by atoms with Gasteiger partial charge in [-0.2, -0.15) is 9.94 Å². The number of nitrogens with zero attached hydrogens (tertiary/aromatic N) is 4. The van der Waals surface area contributed by atoms with Gasteiger partial charge in [0, 0.05) is 0 Å². The lowest BCUT2D eigenvalue weighted by Crippen LogP contribution is -1.99. The molecule has 0 amide bonds. The van der Waals surface area contributed by atoms with Crippen LogP contribution >= 0.6 is 0 Å². The van der Waals surface area contributed by atoms with Gasteiger partial charge in [0.05, 0.1) is 7.11 Å². The molecule has 0 aliphatic heterocycles. The summed E-state index contributed by atoms with van der Waals surface area (Å²) in [5.41, 5.74) is 1.54. The number of methoxy groups -OCH3 is 1. The molecule has 0 saturated heterocycles. The van der Waals surface area contributed by atoms with Gasteiger partial charge in [-0.3, -0.25) is 0 Å². The zero-order chi connectivity index (χ0) is 15.5. The number of fused-ring (bicyclic) bond motifs is 1. The van der Waals surface area contributed by atoms with E-state index in [4.69, 9.17) is 4.74 Å². The van der Waals surface area contributed by atoms with Crippen molar-refractivity contribution in [2.75, 3.05) is 7.11 Å². The monoisotopic (exact) mass is 294 g/mol. The highest BCUT2D eigenvalue weighted by Crippen LogP contribution is 2.20. The van der Waals surface area contributed by atoms with E-state index in [1.54, 1.807) is 49.6 Å². The van der Waals surface area contributed by atoms with Crippen molar-refractivity contribution < 1.29 is 9.13 Å². The highest BCUT2D eigenvalue weighted by Gasteiger charge is 2.12. The van der Waals surface area contributed by atoms with Crippen molar-refractivity contribution in [1.29, 1.82) is 5.26 Å². The first-order valence-corrected chi connectivity index (χ1v) is 6.49. The summed E-state index contributed by atoms with van der Waals surface area (Å²) in [6.45, 7) is 0. The molecule has 2 aromatic carbocycles. The van der Waals surface area contributed by atoms with Gasteiger partial charge in [-0.05, 0) is 35.9 Å². The quantitative estimate of drug-likeness (QED) is 0.696. The first-order chi connectivity index (χ1) is 10.7. The summed E-state index contributed by atoms with van der Waals surface area (Å²) in [6.07, 6.45) is 1.61. The average molecular weight is 294 g/mol. The third-order valence-corrected chi connectivity index (χ3v) is 3.18. The number of allylic oxidation sites excluding steroid dienone is 1. The Morgan fingerprint density at radius 2 is 2.05 bits per heavy atom. The Bertz CT molecular complexity index is 891. The number of hydrogen-bond acceptors (Lipinski definition) is 4. The van der Waals surface area contributed by atoms with Crippen LogP contribution in [0, 0.1) is 17.1 Å². The van der Waals surface area contributed by atoms with Crippen molar-refractivity contribution >= 4 is 22.8 Å². The van der Waals surface area contributed by atoms with Gasteiger partial charge in [0.2, 0.25) is 0 Å². The Balaban J connectivity index is 2.09. The van der Waals surface area contributed by atoms with Crippen LogP contribution in [0.5, 0.6) is 5.75 Å². The van der Waals surface area contributed by atoms with Crippen LogP contribution in [0.15, 0.2) is 42.5 Å². The molecule has 5 nitrogen and oxygen atoms in total. The largest absolute Gasteiger partial charge is 0.497 e. The van der Waals surface area contributed by atoms with Crippen molar-refractivity contribution in [3.8, 4) is 11.8 Å². The maximum atomic E-state index is 14.0. The second-order valence-corrected chi connectivity index (χ2v) is 4.52. The molecular formula is C16H11FN4O. The summed E-state index contributed by atoms with van der Waals surface area (Å²) in [5.74, 6) is 0.242. The van der Waals surface area contributed by atoms with E-state index in [0.717, 1.165) is 5.56 Å². The summed E-state index contributed by atoms with van der Waals surface area (Å²) < 4.78 is 20.2. The molecule has 0 saturated carbocycles. The fourth-order valence-corrected chi connectivity index (χ4v) is 2.10. The fraction of sp³-hybridized carbons (Fsp3) is 0.0625. The smallest absolute Gasteiger partial charge is 0.151 e. The Morgan fingerprint density at radius 3 is 2.73 bits per heavy atom. The van der Waals surface area contributed by atoms with Crippen LogP contribution in [0.1, 0.15) is 5.56 Å². The van der Waals surface area contributed by atoms with Crippen LogP contribution in [-0.2, 0) is 0 Å². The van der Waals surface area contributed by atoms with E-state index in [1.807, 2.05) is 6.07 Å². The van der Waals surface area contributed by atoms with Gasteiger partial charge in [0.25, 0.3) is 0 Å². The second kappa shape index (κ2) is 5.66. The third-order valence-electron chi connectivity index (χ3n) is 3.18. The molecule has 0 aliphatic rings. The standard InChI is InChI=1S/C16H11FN4O/c1-22-13-7-5-11(6-8-13)9-12(10-18)21-16-14(17)3-2-4-15(16)19-20-21/h2-9H,1H3/b12-9-. The third kappa shape index (κ3) is 2.40. The van der Waals surface area contributed by atoms with Gasteiger partial charge in [0.15, 0.2) is 5.82 Å². The van der Waals surface area contributed by atoms with Crippen LogP contribution < -0.4 is 4.74 Å². The number of hydrogen-bond donors (Lipinski definition) is 0. The number of nitriles is 1. The summed E-state index contributed by atoms with van der Waals surface area (Å²) in [4.78, 5) is 0. The molecule has 0 bridgehead atoms. The van der Waals surface area contributed by atoms with Crippen molar-refractivity contribution in [3.63, 3.8) is 0 Å². The molecule has 22 heavy (non-hydrogen) atoms. The van der Waals surface area contributed by atoms with Crippen molar-refractivity contribution in [1.82, 2.24) is 15.0 Å². The predicted octanol–water partition coefficient (Wildman–Crippen LogP) is 3.10. The maximum absolute atomic E-state index is 14.0. The molecule has 0 spiro atoms. The lowest BCUT2D eigenvalue weighted by molar-refractivity contribution is 0.415. The molecule has 1 aromatic heterocycles. The predicted molar refractivity (Wildman–Crippen MR) is 80.3 cm³/mol. The number of aromatic nitrogens is 3. The Morgan fingerprint density at radius 1 is 1.27 bits per heavy atom. The molecule has 0 aliphatic carbocycles. The van der Waals surface area contributed by atoms with Gasteiger partial charge in [-0.25, -0.2) is 4.39 Å². The average Bonchev–Trinajstić information content (AvgIpc) is 2.98. The zero-order valence-corrected chi connectivity index (χ0v) is 11.7. The van der Waals surface area contributed by atoms with Crippen molar-refractivity contribution in [2.45, 2.75) is 0 Å². The van der Waals surface area contributed by atoms with Gasteiger partial charge in [-0.15, -0.1) is 5.10 Å². The Kier molecular flexibility index (Phi) is 3.54. The van der Waals surface area contributed by atoms with E-state index in [-0.39, 0.29) is 11.2 Å². The highest BCUT2D eigenvalue weighted by atomic mass is 19.1. The number of rotatable bonds is 3. The van der Waals surface area contributed by atoms with E-state index >= 15 is 0 Å². The van der Waals surface area contributed by atoms with E-state index in [9.17, 15) is 9.65 Å². The maximum Gasteiger partial charge on any atom is 0.151 e. The second-order valence-electron chi connectivity index (χ2n) is 4.52. The molecule has 0 radical (unpaired) electrons.